The van der Waals surface area contributed by atoms with E-state index in [9.17, 15) is 24.6 Å². The number of ether oxygens (including phenoxy) is 3. The predicted octanol–water partition coefficient (Wildman–Crippen LogP) is 7.72. The highest BCUT2D eigenvalue weighted by Gasteiger charge is 2.30. The van der Waals surface area contributed by atoms with E-state index in [1.54, 1.807) is 18.5 Å². The number of aryl methyl sites for hydroxylation is 2. The first-order valence-electron chi connectivity index (χ1n) is 21.6. The summed E-state index contributed by atoms with van der Waals surface area (Å²) in [6.07, 6.45) is 7.10. The lowest BCUT2D eigenvalue weighted by atomic mass is 10.1. The van der Waals surface area contributed by atoms with Crippen LogP contribution in [-0.4, -0.2) is 121 Å². The molecule has 4 aromatic heterocycles. The maximum absolute atomic E-state index is 13.9. The fourth-order valence-corrected chi connectivity index (χ4v) is 8.04. The third-order valence-corrected chi connectivity index (χ3v) is 11.5. The monoisotopic (exact) mass is 940 g/mol. The number of anilines is 4. The number of hydrogen-bond donors (Lipinski definition) is 3. The quantitative estimate of drug-likeness (QED) is 0.0787. The summed E-state index contributed by atoms with van der Waals surface area (Å²) in [6.45, 7) is 3.16. The Morgan fingerprint density at radius 1 is 0.652 bits per heavy atom. The second kappa shape index (κ2) is 20.3. The summed E-state index contributed by atoms with van der Waals surface area (Å²) >= 11 is 0. The van der Waals surface area contributed by atoms with Gasteiger partial charge in [0.25, 0.3) is 0 Å². The van der Waals surface area contributed by atoms with Gasteiger partial charge >= 0.3 is 11.4 Å². The molecule has 2 fully saturated rings. The van der Waals surface area contributed by atoms with Gasteiger partial charge in [-0.1, -0.05) is 36.4 Å². The van der Waals surface area contributed by atoms with Crippen molar-refractivity contribution < 1.29 is 33.6 Å². The Labute approximate surface area is 394 Å². The summed E-state index contributed by atoms with van der Waals surface area (Å²) in [4.78, 5) is 43.4. The average molecular weight is 941 g/mol. The van der Waals surface area contributed by atoms with Crippen LogP contribution >= 0.6 is 0 Å². The molecule has 69 heavy (non-hydrogen) atoms. The van der Waals surface area contributed by atoms with Gasteiger partial charge in [0.2, 0.25) is 23.5 Å². The maximum atomic E-state index is 13.9. The topological polar surface area (TPSA) is 226 Å². The van der Waals surface area contributed by atoms with E-state index in [1.165, 1.54) is 26.4 Å². The maximum Gasteiger partial charge on any atom is 0.313 e. The molecule has 0 amide bonds. The molecule has 3 N–H and O–H groups in total. The van der Waals surface area contributed by atoms with Crippen LogP contribution in [0.25, 0.3) is 44.3 Å². The lowest BCUT2D eigenvalue weighted by Gasteiger charge is -2.35. The number of likely N-dealkylation sites (tertiary alicyclic amines) is 2. The number of aromatic nitrogens is 6. The summed E-state index contributed by atoms with van der Waals surface area (Å²) in [5.74, 6) is 0.195. The predicted molar refractivity (Wildman–Crippen MR) is 259 cm³/mol. The number of para-hydroxylation sites is 2. The number of aliphatic hydroxyl groups excluding tert-OH is 1. The highest BCUT2D eigenvalue weighted by atomic mass is 19.1. The smallest absolute Gasteiger partial charge is 0.313 e. The number of likely N-dealkylation sites (N-methyl/N-ethyl adjacent to an activating group) is 2. The van der Waals surface area contributed by atoms with Crippen LogP contribution in [0.4, 0.5) is 39.0 Å². The van der Waals surface area contributed by atoms with Crippen LogP contribution in [0.5, 0.6) is 17.2 Å². The van der Waals surface area contributed by atoms with Gasteiger partial charge in [-0.3, -0.25) is 25.1 Å². The van der Waals surface area contributed by atoms with Gasteiger partial charge in [-0.05, 0) is 38.4 Å². The van der Waals surface area contributed by atoms with E-state index < -0.39 is 21.4 Å². The number of nitro groups is 2. The van der Waals surface area contributed by atoms with E-state index in [-0.39, 0.29) is 41.0 Å². The Hall–Kier alpha value is -8.27. The SMILES string of the molecule is CN1CC(O)C1.COc1cc(F)c([N+](=O)[O-])cc1Nc1nccc(-c2cn(C)c3ccccc23)n1.COc1cc(OC2CN(C)C2)c([N+](=O)[O-])cc1Nc1nccc(-c2cn(C)c3ccccc23)n1. The normalized spacial score (nSPS) is 13.9. The van der Waals surface area contributed by atoms with Crippen LogP contribution in [-0.2, 0) is 14.1 Å². The summed E-state index contributed by atoms with van der Waals surface area (Å²) < 4.78 is 34.4. The van der Waals surface area contributed by atoms with E-state index in [1.807, 2.05) is 98.2 Å². The lowest BCUT2D eigenvalue weighted by Crippen LogP contribution is -2.51. The molecule has 0 saturated carbocycles. The van der Waals surface area contributed by atoms with Gasteiger partial charge in [0.1, 0.15) is 17.6 Å². The number of rotatable bonds is 12. The second-order valence-corrected chi connectivity index (χ2v) is 16.5. The molecule has 0 aliphatic carbocycles. The van der Waals surface area contributed by atoms with Gasteiger partial charge in [-0.25, -0.2) is 19.9 Å². The minimum absolute atomic E-state index is 0.0324. The number of β-amino-alcohol motifs (C(OH)–C–C–N with tert-alkyl or cyclic N) is 1. The molecule has 0 radical (unpaired) electrons. The molecule has 2 aliphatic heterocycles. The van der Waals surface area contributed by atoms with Gasteiger partial charge in [0, 0.05) is 122 Å². The van der Waals surface area contributed by atoms with Gasteiger partial charge in [-0.15, -0.1) is 0 Å². The molecule has 6 heterocycles. The third-order valence-electron chi connectivity index (χ3n) is 11.5. The van der Waals surface area contributed by atoms with Crippen molar-refractivity contribution in [2.45, 2.75) is 12.2 Å². The Kier molecular flexibility index (Phi) is 13.9. The van der Waals surface area contributed by atoms with Crippen molar-refractivity contribution in [1.82, 2.24) is 38.9 Å². The minimum atomic E-state index is -0.983. The van der Waals surface area contributed by atoms with E-state index in [0.717, 1.165) is 63.8 Å². The van der Waals surface area contributed by atoms with Crippen molar-refractivity contribution >= 4 is 56.5 Å². The zero-order valence-corrected chi connectivity index (χ0v) is 38.5. The Morgan fingerprint density at radius 2 is 1.12 bits per heavy atom. The van der Waals surface area contributed by atoms with Gasteiger partial charge in [-0.2, -0.15) is 4.39 Å². The molecular weight excluding hydrogens is 892 g/mol. The zero-order valence-electron chi connectivity index (χ0n) is 38.5. The summed E-state index contributed by atoms with van der Waals surface area (Å²) in [5.41, 5.74) is 5.20. The Balaban J connectivity index is 0.000000167. The molecule has 0 atom stereocenters. The Bertz CT molecular complexity index is 3160. The van der Waals surface area contributed by atoms with E-state index in [2.05, 4.69) is 46.4 Å². The molecule has 10 rings (SSSR count). The molecule has 8 aromatic rings. The number of halogens is 1. The lowest BCUT2D eigenvalue weighted by molar-refractivity contribution is -0.387. The molecular formula is C48H49FN12O8. The molecule has 356 valence electrons. The molecule has 2 aliphatic rings. The number of fused-ring (bicyclic) bond motifs is 2. The van der Waals surface area contributed by atoms with Gasteiger partial charge in [0.15, 0.2) is 0 Å². The second-order valence-electron chi connectivity index (χ2n) is 16.5. The standard InChI is InChI=1S/C24H24N6O4.C20H16FN5O3.C4H9NO/c1-28-12-15(13-28)34-23-11-22(33-3)19(10-21(23)30(31)32)27-24-25-9-8-18(26-24)17-14-29(2)20-7-5-4-6-16(17)20;1-25-11-13(12-5-3-4-6-17(12)25)15-7-8-22-20(23-15)24-16-10-18(26(27)28)14(21)9-19(16)29-2;1-5-2-4(6)3-5/h4-11,14-15H,12-13H2,1-3H3,(H,25,26,27);3-11H,1-2H3,(H,22,23,24);4,6H,2-3H2,1H3. The number of aliphatic hydroxyl groups is 1. The van der Waals surface area contributed by atoms with E-state index in [0.29, 0.717) is 36.2 Å². The Morgan fingerprint density at radius 3 is 1.55 bits per heavy atom. The van der Waals surface area contributed by atoms with E-state index in [4.69, 9.17) is 19.3 Å². The minimum Gasteiger partial charge on any atom is -0.494 e. The number of benzene rings is 4. The van der Waals surface area contributed by atoms with Crippen molar-refractivity contribution in [3.63, 3.8) is 0 Å². The fraction of sp³-hybridized carbons (Fsp3) is 0.250. The highest BCUT2D eigenvalue weighted by Crippen LogP contribution is 2.40. The molecule has 4 aromatic carbocycles. The average Bonchev–Trinajstić information content (AvgIpc) is 3.85. The summed E-state index contributed by atoms with van der Waals surface area (Å²) in [5, 5.41) is 39.5. The number of hydrogen-bond acceptors (Lipinski definition) is 16. The molecule has 2 saturated heterocycles. The molecule has 20 nitrogen and oxygen atoms in total. The molecule has 21 heteroatoms. The van der Waals surface area contributed by atoms with E-state index >= 15 is 0 Å². The number of methoxy groups -OCH3 is 2. The fourth-order valence-electron chi connectivity index (χ4n) is 8.04. The summed E-state index contributed by atoms with van der Waals surface area (Å²) in [6, 6.07) is 24.6. The van der Waals surface area contributed by atoms with Crippen LogP contribution in [0.15, 0.2) is 110 Å². The first-order valence-corrected chi connectivity index (χ1v) is 21.6. The van der Waals surface area contributed by atoms with Crippen molar-refractivity contribution in [3.05, 3.63) is 136 Å². The van der Waals surface area contributed by atoms with Crippen molar-refractivity contribution in [2.75, 3.05) is 65.1 Å². The van der Waals surface area contributed by atoms with Crippen molar-refractivity contribution in [3.8, 4) is 39.8 Å². The van der Waals surface area contributed by atoms with Crippen LogP contribution in [0, 0.1) is 26.0 Å². The van der Waals surface area contributed by atoms with Crippen molar-refractivity contribution in [1.29, 1.82) is 0 Å². The van der Waals surface area contributed by atoms with Gasteiger partial charge in [0.05, 0.1) is 52.9 Å². The molecule has 0 spiro atoms. The molecule has 0 unspecified atom stereocenters. The van der Waals surface area contributed by atoms with Crippen LogP contribution < -0.4 is 24.8 Å². The third kappa shape index (κ3) is 10.5. The van der Waals surface area contributed by atoms with Crippen molar-refractivity contribution in [2.24, 2.45) is 14.1 Å². The number of nitro benzene ring substituents is 2. The first-order chi connectivity index (χ1) is 33.2. The highest BCUT2D eigenvalue weighted by molar-refractivity contribution is 5.96. The number of nitrogens with one attached hydrogen (secondary N) is 2. The number of nitrogens with zero attached hydrogens (tertiary/aromatic N) is 10. The van der Waals surface area contributed by atoms with Crippen LogP contribution in [0.2, 0.25) is 0 Å². The summed E-state index contributed by atoms with van der Waals surface area (Å²) in [7, 11) is 10.7. The molecule has 0 bridgehead atoms. The van der Waals surface area contributed by atoms with Crippen LogP contribution in [0.1, 0.15) is 0 Å². The first kappa shape index (κ1) is 47.2. The zero-order chi connectivity index (χ0) is 48.9. The van der Waals surface area contributed by atoms with Gasteiger partial charge < -0.3 is 44.0 Å². The van der Waals surface area contributed by atoms with Crippen LogP contribution in [0.3, 0.4) is 0 Å². The largest absolute Gasteiger partial charge is 0.494 e.